The third kappa shape index (κ3) is 5.06. The zero-order valence-electron chi connectivity index (χ0n) is 27.9. The van der Waals surface area contributed by atoms with Crippen molar-refractivity contribution in [2.75, 3.05) is 0 Å². The minimum atomic E-state index is 0.265. The molecule has 0 bridgehead atoms. The molecule has 0 spiro atoms. The Balaban J connectivity index is 1.34. The molecule has 0 radical (unpaired) electrons. The van der Waals surface area contributed by atoms with Gasteiger partial charge < -0.3 is 4.74 Å². The predicted octanol–water partition coefficient (Wildman–Crippen LogP) is 10.8. The minimum absolute atomic E-state index is 0.265. The van der Waals surface area contributed by atoms with E-state index in [0.29, 0.717) is 0 Å². The lowest BCUT2D eigenvalue weighted by Crippen LogP contribution is -2.06. The van der Waals surface area contributed by atoms with Gasteiger partial charge in [0.25, 0.3) is 0 Å². The first-order chi connectivity index (χ1) is 22.1. The van der Waals surface area contributed by atoms with Crippen LogP contribution in [0.15, 0.2) is 91.1 Å². The average Bonchev–Trinajstić information content (AvgIpc) is 3.51. The summed E-state index contributed by atoms with van der Waals surface area (Å²) in [7, 11) is 0. The van der Waals surface area contributed by atoms with Crippen LogP contribution in [0.3, 0.4) is 0 Å². The molecule has 0 aliphatic rings. The van der Waals surface area contributed by atoms with Crippen LogP contribution >= 0.6 is 0 Å². The van der Waals surface area contributed by atoms with Crippen LogP contribution < -0.4 is 4.74 Å². The fraction of sp³-hybridized carbons (Fsp3) is 0.220. The lowest BCUT2D eigenvalue weighted by molar-refractivity contribution is 0.482. The smallest absolute Gasteiger partial charge is 0.137 e. The Bertz CT molecular complexity index is 2260. The van der Waals surface area contributed by atoms with E-state index in [1.165, 1.54) is 49.8 Å². The van der Waals surface area contributed by atoms with Crippen LogP contribution in [0.4, 0.5) is 0 Å². The molecule has 0 atom stereocenters. The SMILES string of the molecule is Cc1cc(Oc2ccc3c4ccccc4n(-c4cc(C)ccn4)c3c2)cc(-n2nc(C)c(-c3c(C)cc(C)cc3C)c2C(C)C)c1. The molecule has 230 valence electrons. The highest BCUT2D eigenvalue weighted by atomic mass is 16.5. The van der Waals surface area contributed by atoms with Crippen molar-refractivity contribution < 1.29 is 4.74 Å². The van der Waals surface area contributed by atoms with Crippen LogP contribution in [0.5, 0.6) is 11.5 Å². The molecule has 0 aliphatic carbocycles. The van der Waals surface area contributed by atoms with Gasteiger partial charge >= 0.3 is 0 Å². The van der Waals surface area contributed by atoms with Crippen molar-refractivity contribution in [1.29, 1.82) is 0 Å². The zero-order chi connectivity index (χ0) is 32.3. The Morgan fingerprint density at radius 1 is 0.630 bits per heavy atom. The Morgan fingerprint density at radius 2 is 1.35 bits per heavy atom. The largest absolute Gasteiger partial charge is 0.457 e. The van der Waals surface area contributed by atoms with E-state index in [1.54, 1.807) is 0 Å². The summed E-state index contributed by atoms with van der Waals surface area (Å²) in [5.41, 5.74) is 14.1. The number of fused-ring (bicyclic) bond motifs is 3. The van der Waals surface area contributed by atoms with Crippen molar-refractivity contribution in [3.05, 3.63) is 130 Å². The molecule has 46 heavy (non-hydrogen) atoms. The molecule has 3 aromatic heterocycles. The highest BCUT2D eigenvalue weighted by molar-refractivity contribution is 6.09. The Labute approximate surface area is 271 Å². The molecule has 0 amide bonds. The maximum absolute atomic E-state index is 6.64. The van der Waals surface area contributed by atoms with Crippen molar-refractivity contribution in [1.82, 2.24) is 19.3 Å². The van der Waals surface area contributed by atoms with Crippen molar-refractivity contribution in [2.24, 2.45) is 0 Å². The molecular weight excluding hydrogens is 564 g/mol. The summed E-state index contributed by atoms with van der Waals surface area (Å²) in [5, 5.41) is 7.50. The number of aromatic nitrogens is 4. The van der Waals surface area contributed by atoms with Gasteiger partial charge in [0.05, 0.1) is 28.1 Å². The van der Waals surface area contributed by atoms with E-state index >= 15 is 0 Å². The standard InChI is InChI=1S/C41H40N4O/c1-24(2)41-40(39-28(6)17-26(4)18-29(39)7)30(8)43-45(41)31-19-27(5)20-33(22-31)46-32-13-14-35-34-11-9-10-12-36(34)44(37(35)23-32)38-21-25(3)15-16-42-38/h9-24H,1-8H3. The number of hydrogen-bond acceptors (Lipinski definition) is 3. The number of rotatable bonds is 6. The number of benzene rings is 4. The first kappa shape index (κ1) is 29.5. The summed E-state index contributed by atoms with van der Waals surface area (Å²) >= 11 is 0. The number of aryl methyl sites for hydroxylation is 6. The number of pyridine rings is 1. The maximum Gasteiger partial charge on any atom is 0.137 e. The number of para-hydroxylation sites is 1. The molecule has 7 aromatic rings. The van der Waals surface area contributed by atoms with Gasteiger partial charge in [0.15, 0.2) is 0 Å². The van der Waals surface area contributed by atoms with Crippen molar-refractivity contribution in [3.63, 3.8) is 0 Å². The van der Waals surface area contributed by atoms with Gasteiger partial charge in [-0.1, -0.05) is 49.7 Å². The molecule has 0 N–H and O–H groups in total. The Morgan fingerprint density at radius 3 is 2.09 bits per heavy atom. The lowest BCUT2D eigenvalue weighted by Gasteiger charge is -2.17. The number of nitrogens with zero attached hydrogens (tertiary/aromatic N) is 4. The summed E-state index contributed by atoms with van der Waals surface area (Å²) in [5.74, 6) is 2.71. The summed E-state index contributed by atoms with van der Waals surface area (Å²) in [6, 6.07) is 29.9. The third-order valence-electron chi connectivity index (χ3n) is 8.86. The van der Waals surface area contributed by atoms with Crippen molar-refractivity contribution in [2.45, 2.75) is 61.3 Å². The first-order valence-corrected chi connectivity index (χ1v) is 16.0. The second-order valence-corrected chi connectivity index (χ2v) is 13.0. The Kier molecular flexibility index (Phi) is 7.28. The molecule has 0 saturated carbocycles. The second kappa shape index (κ2) is 11.3. The topological polar surface area (TPSA) is 44.9 Å². The van der Waals surface area contributed by atoms with Gasteiger partial charge in [0.1, 0.15) is 17.3 Å². The van der Waals surface area contributed by atoms with Gasteiger partial charge in [-0.2, -0.15) is 5.10 Å². The molecule has 0 aliphatic heterocycles. The maximum atomic E-state index is 6.64. The van der Waals surface area contributed by atoms with E-state index in [0.717, 1.165) is 45.3 Å². The fourth-order valence-corrected chi connectivity index (χ4v) is 7.11. The van der Waals surface area contributed by atoms with E-state index in [2.05, 4.69) is 144 Å². The summed E-state index contributed by atoms with van der Waals surface area (Å²) < 4.78 is 11.0. The third-order valence-corrected chi connectivity index (χ3v) is 8.86. The van der Waals surface area contributed by atoms with Crippen LogP contribution in [-0.2, 0) is 0 Å². The summed E-state index contributed by atoms with van der Waals surface area (Å²) in [6.07, 6.45) is 1.87. The van der Waals surface area contributed by atoms with Gasteiger partial charge in [0, 0.05) is 34.7 Å². The molecule has 5 heteroatoms. The minimum Gasteiger partial charge on any atom is -0.457 e. The molecule has 4 aromatic carbocycles. The van der Waals surface area contributed by atoms with Gasteiger partial charge in [-0.3, -0.25) is 4.57 Å². The molecular formula is C41H40N4O. The fourth-order valence-electron chi connectivity index (χ4n) is 7.11. The Hall–Kier alpha value is -5.16. The van der Waals surface area contributed by atoms with E-state index in [4.69, 9.17) is 14.8 Å². The summed E-state index contributed by atoms with van der Waals surface area (Å²) in [4.78, 5) is 4.73. The van der Waals surface area contributed by atoms with Crippen LogP contribution in [0.1, 0.15) is 59.0 Å². The predicted molar refractivity (Wildman–Crippen MR) is 190 cm³/mol. The highest BCUT2D eigenvalue weighted by Gasteiger charge is 2.24. The van der Waals surface area contributed by atoms with Crippen LogP contribution in [0.2, 0.25) is 0 Å². The molecule has 3 heterocycles. The first-order valence-electron chi connectivity index (χ1n) is 16.0. The van der Waals surface area contributed by atoms with E-state index in [9.17, 15) is 0 Å². The lowest BCUT2D eigenvalue weighted by atomic mass is 9.90. The number of ether oxygens (including phenoxy) is 1. The van der Waals surface area contributed by atoms with Gasteiger partial charge in [0.2, 0.25) is 0 Å². The molecule has 0 fully saturated rings. The monoisotopic (exact) mass is 604 g/mol. The zero-order valence-corrected chi connectivity index (χ0v) is 27.9. The van der Waals surface area contributed by atoms with Crippen LogP contribution in [0, 0.1) is 41.5 Å². The normalized spacial score (nSPS) is 11.7. The molecule has 0 saturated heterocycles. The van der Waals surface area contributed by atoms with E-state index in [1.807, 2.05) is 12.3 Å². The average molecular weight is 605 g/mol. The molecule has 5 nitrogen and oxygen atoms in total. The van der Waals surface area contributed by atoms with Crippen molar-refractivity contribution in [3.8, 4) is 34.1 Å². The van der Waals surface area contributed by atoms with Gasteiger partial charge in [-0.05, 0) is 118 Å². The van der Waals surface area contributed by atoms with Gasteiger partial charge in [-0.15, -0.1) is 0 Å². The van der Waals surface area contributed by atoms with E-state index < -0.39 is 0 Å². The summed E-state index contributed by atoms with van der Waals surface area (Å²) in [6.45, 7) is 17.4. The van der Waals surface area contributed by atoms with Crippen LogP contribution in [-0.4, -0.2) is 19.3 Å². The van der Waals surface area contributed by atoms with Crippen LogP contribution in [0.25, 0.3) is 44.4 Å². The second-order valence-electron chi connectivity index (χ2n) is 13.0. The number of hydrogen-bond donors (Lipinski definition) is 0. The molecule has 0 unspecified atom stereocenters. The van der Waals surface area contributed by atoms with Crippen molar-refractivity contribution >= 4 is 21.8 Å². The highest BCUT2D eigenvalue weighted by Crippen LogP contribution is 2.39. The van der Waals surface area contributed by atoms with E-state index in [-0.39, 0.29) is 5.92 Å². The molecule has 7 rings (SSSR count). The van der Waals surface area contributed by atoms with Gasteiger partial charge in [-0.25, -0.2) is 9.67 Å². The quantitative estimate of drug-likeness (QED) is 0.190.